The van der Waals surface area contributed by atoms with E-state index in [2.05, 4.69) is 22.9 Å². The Balaban J connectivity index is 2.88. The van der Waals surface area contributed by atoms with E-state index in [9.17, 15) is 9.90 Å². The maximum Gasteiger partial charge on any atom is 0.163 e. The number of rotatable bonds is 5. The van der Waals surface area contributed by atoms with Crippen molar-refractivity contribution in [2.24, 2.45) is 0 Å². The molecule has 0 fully saturated rings. The SMILES string of the molecule is CCCCOc1cc(O)c(C(C)=O)cc1Br. The summed E-state index contributed by atoms with van der Waals surface area (Å²) in [5, 5.41) is 9.62. The van der Waals surface area contributed by atoms with Crippen molar-refractivity contribution in [3.8, 4) is 11.5 Å². The standard InChI is InChI=1S/C12H15BrO3/c1-3-4-5-16-12-7-11(15)9(8(2)14)6-10(12)13/h6-7,15H,3-5H2,1-2H3. The first kappa shape index (κ1) is 13.0. The maximum absolute atomic E-state index is 11.2. The molecular weight excluding hydrogens is 272 g/mol. The molecule has 1 aromatic rings. The van der Waals surface area contributed by atoms with Gasteiger partial charge in [-0.05, 0) is 35.3 Å². The molecule has 0 atom stereocenters. The number of hydrogen-bond acceptors (Lipinski definition) is 3. The van der Waals surface area contributed by atoms with Crippen molar-refractivity contribution in [2.45, 2.75) is 26.7 Å². The summed E-state index contributed by atoms with van der Waals surface area (Å²) in [5.74, 6) is 0.358. The smallest absolute Gasteiger partial charge is 0.163 e. The van der Waals surface area contributed by atoms with Crippen molar-refractivity contribution in [3.63, 3.8) is 0 Å². The van der Waals surface area contributed by atoms with Crippen molar-refractivity contribution in [1.82, 2.24) is 0 Å². The third kappa shape index (κ3) is 3.23. The van der Waals surface area contributed by atoms with Crippen molar-refractivity contribution in [3.05, 3.63) is 22.2 Å². The summed E-state index contributed by atoms with van der Waals surface area (Å²) in [4.78, 5) is 11.2. The van der Waals surface area contributed by atoms with Crippen molar-refractivity contribution in [1.29, 1.82) is 0 Å². The zero-order valence-corrected chi connectivity index (χ0v) is 11.0. The molecule has 0 spiro atoms. The second kappa shape index (κ2) is 5.89. The molecule has 0 unspecified atom stereocenters. The first-order valence-corrected chi connectivity index (χ1v) is 6.01. The van der Waals surface area contributed by atoms with E-state index in [-0.39, 0.29) is 11.5 Å². The third-order valence-electron chi connectivity index (χ3n) is 2.18. The van der Waals surface area contributed by atoms with Crippen LogP contribution in [-0.2, 0) is 0 Å². The van der Waals surface area contributed by atoms with Crippen molar-refractivity contribution >= 4 is 21.7 Å². The summed E-state index contributed by atoms with van der Waals surface area (Å²) in [5.41, 5.74) is 0.301. The van der Waals surface area contributed by atoms with Crippen LogP contribution in [0.1, 0.15) is 37.0 Å². The summed E-state index contributed by atoms with van der Waals surface area (Å²) < 4.78 is 6.16. The molecule has 0 aliphatic heterocycles. The molecule has 1 N–H and O–H groups in total. The molecule has 0 bridgehead atoms. The van der Waals surface area contributed by atoms with E-state index in [0.29, 0.717) is 22.4 Å². The summed E-state index contributed by atoms with van der Waals surface area (Å²) in [6.45, 7) is 4.10. The lowest BCUT2D eigenvalue weighted by atomic mass is 10.1. The van der Waals surface area contributed by atoms with Gasteiger partial charge in [0.25, 0.3) is 0 Å². The van der Waals surface area contributed by atoms with Crippen LogP contribution in [0.25, 0.3) is 0 Å². The van der Waals surface area contributed by atoms with Gasteiger partial charge in [-0.15, -0.1) is 0 Å². The largest absolute Gasteiger partial charge is 0.507 e. The van der Waals surface area contributed by atoms with Crippen LogP contribution >= 0.6 is 15.9 Å². The quantitative estimate of drug-likeness (QED) is 0.665. The van der Waals surface area contributed by atoms with Crippen LogP contribution in [0.2, 0.25) is 0 Å². The van der Waals surface area contributed by atoms with E-state index in [4.69, 9.17) is 4.74 Å². The maximum atomic E-state index is 11.2. The normalized spacial score (nSPS) is 10.2. The number of phenolic OH excluding ortho intramolecular Hbond substituents is 1. The minimum absolute atomic E-state index is 0.0396. The first-order valence-electron chi connectivity index (χ1n) is 5.22. The summed E-state index contributed by atoms with van der Waals surface area (Å²) >= 11 is 3.31. The molecule has 0 aromatic heterocycles. The summed E-state index contributed by atoms with van der Waals surface area (Å²) in [6, 6.07) is 3.05. The van der Waals surface area contributed by atoms with Crippen LogP contribution in [0.4, 0.5) is 0 Å². The lowest BCUT2D eigenvalue weighted by Gasteiger charge is -2.10. The van der Waals surface area contributed by atoms with Gasteiger partial charge >= 0.3 is 0 Å². The van der Waals surface area contributed by atoms with E-state index in [1.165, 1.54) is 13.0 Å². The Kier molecular flexibility index (Phi) is 4.80. The number of unbranched alkanes of at least 4 members (excludes halogenated alkanes) is 1. The Hall–Kier alpha value is -1.03. The van der Waals surface area contributed by atoms with E-state index in [1.54, 1.807) is 6.07 Å². The van der Waals surface area contributed by atoms with Crippen LogP contribution in [0, 0.1) is 0 Å². The van der Waals surface area contributed by atoms with Gasteiger partial charge in [0.2, 0.25) is 0 Å². The number of phenols is 1. The fourth-order valence-corrected chi connectivity index (χ4v) is 1.72. The molecule has 0 aliphatic rings. The molecule has 4 heteroatoms. The minimum Gasteiger partial charge on any atom is -0.507 e. The van der Waals surface area contributed by atoms with Gasteiger partial charge in [0, 0.05) is 6.07 Å². The predicted octanol–water partition coefficient (Wildman–Crippen LogP) is 3.54. The number of carbonyl (C=O) groups excluding carboxylic acids is 1. The zero-order valence-electron chi connectivity index (χ0n) is 9.42. The number of Topliss-reactive ketones (excluding diaryl/α,β-unsaturated/α-hetero) is 1. The van der Waals surface area contributed by atoms with Gasteiger partial charge in [0.15, 0.2) is 5.78 Å². The highest BCUT2D eigenvalue weighted by molar-refractivity contribution is 9.10. The number of ketones is 1. The molecule has 0 saturated heterocycles. The first-order chi connectivity index (χ1) is 7.56. The van der Waals surface area contributed by atoms with E-state index >= 15 is 0 Å². The predicted molar refractivity (Wildman–Crippen MR) is 66.2 cm³/mol. The molecule has 1 rings (SSSR count). The second-order valence-corrected chi connectivity index (χ2v) is 4.41. The lowest BCUT2D eigenvalue weighted by molar-refractivity contribution is 0.101. The highest BCUT2D eigenvalue weighted by atomic mass is 79.9. The van der Waals surface area contributed by atoms with Crippen LogP contribution in [0.15, 0.2) is 16.6 Å². The number of ether oxygens (including phenoxy) is 1. The highest BCUT2D eigenvalue weighted by Gasteiger charge is 2.11. The Labute approximate surface area is 104 Å². The average Bonchev–Trinajstić information content (AvgIpc) is 2.22. The minimum atomic E-state index is -0.168. The molecule has 0 saturated carbocycles. The van der Waals surface area contributed by atoms with E-state index < -0.39 is 0 Å². The average molecular weight is 287 g/mol. The lowest BCUT2D eigenvalue weighted by Crippen LogP contribution is -1.99. The van der Waals surface area contributed by atoms with Gasteiger partial charge in [-0.1, -0.05) is 13.3 Å². The Morgan fingerprint density at radius 2 is 2.19 bits per heavy atom. The van der Waals surface area contributed by atoms with Gasteiger partial charge in [-0.2, -0.15) is 0 Å². The molecule has 0 radical (unpaired) electrons. The number of carbonyl (C=O) groups is 1. The Morgan fingerprint density at radius 3 is 2.75 bits per heavy atom. The van der Waals surface area contributed by atoms with Gasteiger partial charge in [-0.25, -0.2) is 0 Å². The third-order valence-corrected chi connectivity index (χ3v) is 2.80. The molecule has 0 heterocycles. The molecule has 16 heavy (non-hydrogen) atoms. The molecule has 0 aliphatic carbocycles. The number of aromatic hydroxyl groups is 1. The van der Waals surface area contributed by atoms with Crippen molar-refractivity contribution in [2.75, 3.05) is 6.61 Å². The highest BCUT2D eigenvalue weighted by Crippen LogP contribution is 2.32. The van der Waals surface area contributed by atoms with Gasteiger partial charge < -0.3 is 9.84 Å². The topological polar surface area (TPSA) is 46.5 Å². The number of benzene rings is 1. The number of halogens is 1. The fourth-order valence-electron chi connectivity index (χ4n) is 1.26. The molecule has 0 amide bonds. The summed E-state index contributed by atoms with van der Waals surface area (Å²) in [7, 11) is 0. The van der Waals surface area contributed by atoms with E-state index in [0.717, 1.165) is 12.8 Å². The molecule has 88 valence electrons. The second-order valence-electron chi connectivity index (χ2n) is 3.56. The van der Waals surface area contributed by atoms with E-state index in [1.807, 2.05) is 0 Å². The Morgan fingerprint density at radius 1 is 1.50 bits per heavy atom. The fraction of sp³-hybridized carbons (Fsp3) is 0.417. The van der Waals surface area contributed by atoms with Crippen LogP contribution in [0.3, 0.4) is 0 Å². The number of hydrogen-bond donors (Lipinski definition) is 1. The van der Waals surface area contributed by atoms with Crippen molar-refractivity contribution < 1.29 is 14.6 Å². The molecule has 3 nitrogen and oxygen atoms in total. The van der Waals surface area contributed by atoms with Gasteiger partial charge in [-0.3, -0.25) is 4.79 Å². The monoisotopic (exact) mass is 286 g/mol. The van der Waals surface area contributed by atoms with Gasteiger partial charge in [0.05, 0.1) is 16.6 Å². The zero-order chi connectivity index (χ0) is 12.1. The summed E-state index contributed by atoms with van der Waals surface area (Å²) in [6.07, 6.45) is 2.01. The van der Waals surface area contributed by atoms with Gasteiger partial charge in [0.1, 0.15) is 11.5 Å². The molecular formula is C12H15BrO3. The Bertz CT molecular complexity index is 388. The van der Waals surface area contributed by atoms with Crippen LogP contribution in [-0.4, -0.2) is 17.5 Å². The van der Waals surface area contributed by atoms with Crippen LogP contribution < -0.4 is 4.74 Å². The van der Waals surface area contributed by atoms with Crippen LogP contribution in [0.5, 0.6) is 11.5 Å². The molecule has 1 aromatic carbocycles.